The summed E-state index contributed by atoms with van der Waals surface area (Å²) in [5.41, 5.74) is 3.32. The number of benzene rings is 2. The van der Waals surface area contributed by atoms with Crippen molar-refractivity contribution in [2.75, 3.05) is 45.3 Å². The number of anilines is 1. The molecule has 2 aliphatic heterocycles. The van der Waals surface area contributed by atoms with Gasteiger partial charge in [-0.1, -0.05) is 44.0 Å². The van der Waals surface area contributed by atoms with Crippen molar-refractivity contribution in [2.45, 2.75) is 83.5 Å². The molecule has 0 unspecified atom stereocenters. The summed E-state index contributed by atoms with van der Waals surface area (Å²) < 4.78 is 47.5. The maximum atomic E-state index is 13.5. The van der Waals surface area contributed by atoms with Gasteiger partial charge in [-0.25, -0.2) is 13.1 Å². The molecule has 11 heteroatoms. The number of carbonyl (C=O) groups is 1. The third-order valence-electron chi connectivity index (χ3n) is 11.1. The van der Waals surface area contributed by atoms with Crippen molar-refractivity contribution in [1.82, 2.24) is 9.62 Å². The Balaban J connectivity index is 1.41. The van der Waals surface area contributed by atoms with Crippen LogP contribution in [0.5, 0.6) is 5.75 Å². The Labute approximate surface area is 298 Å². The summed E-state index contributed by atoms with van der Waals surface area (Å²) in [5.74, 6) is 0.683. The van der Waals surface area contributed by atoms with Gasteiger partial charge in [-0.3, -0.25) is 4.79 Å². The van der Waals surface area contributed by atoms with Gasteiger partial charge < -0.3 is 24.0 Å². The van der Waals surface area contributed by atoms with Crippen molar-refractivity contribution in [1.29, 1.82) is 0 Å². The molecular weight excluding hydrogens is 662 g/mol. The third-order valence-corrected chi connectivity index (χ3v) is 13.2. The average molecular weight is 716 g/mol. The first kappa shape index (κ1) is 37.6. The molecule has 49 heavy (non-hydrogen) atoms. The van der Waals surface area contributed by atoms with E-state index < -0.39 is 21.2 Å². The number of hydrogen-bond acceptors (Lipinski definition) is 8. The Morgan fingerprint density at radius 1 is 1.10 bits per heavy atom. The second kappa shape index (κ2) is 16.6. The molecule has 5 rings (SSSR count). The highest BCUT2D eigenvalue weighted by atomic mass is 35.5. The summed E-state index contributed by atoms with van der Waals surface area (Å²) in [4.78, 5) is 18.0. The van der Waals surface area contributed by atoms with Gasteiger partial charge in [0.2, 0.25) is 10.0 Å². The minimum atomic E-state index is -3.86. The molecule has 0 radical (unpaired) electrons. The van der Waals surface area contributed by atoms with Crippen LogP contribution in [0.1, 0.15) is 74.4 Å². The highest BCUT2D eigenvalue weighted by Gasteiger charge is 2.42. The van der Waals surface area contributed by atoms with Crippen LogP contribution in [-0.2, 0) is 32.5 Å². The number of fused-ring (bicyclic) bond motifs is 2. The zero-order valence-electron chi connectivity index (χ0n) is 29.7. The van der Waals surface area contributed by atoms with Crippen LogP contribution in [0, 0.1) is 23.7 Å². The van der Waals surface area contributed by atoms with Crippen LogP contribution in [0.3, 0.4) is 0 Å². The third kappa shape index (κ3) is 9.00. The molecule has 0 bridgehead atoms. The van der Waals surface area contributed by atoms with Gasteiger partial charge in [0.1, 0.15) is 12.4 Å². The van der Waals surface area contributed by atoms with E-state index in [1.165, 1.54) is 5.56 Å². The van der Waals surface area contributed by atoms with Crippen LogP contribution in [0.15, 0.2) is 49.1 Å². The SMILES string of the molecule is C=C[C@H]([C@H]1OC[C@H](N(C)C)CO1)[C@@H]1CC[C@H]1CN1CCCCc2cc(Cl)ccc2COc2ccc(C(=O)NS(=O)(=O)[C@H](C)[C@@H](C)CC)cc21. The number of hydrogen-bond donors (Lipinski definition) is 1. The summed E-state index contributed by atoms with van der Waals surface area (Å²) >= 11 is 6.37. The van der Waals surface area contributed by atoms with Gasteiger partial charge in [0.15, 0.2) is 6.29 Å². The van der Waals surface area contributed by atoms with E-state index in [0.717, 1.165) is 56.4 Å². The molecule has 0 aromatic heterocycles. The Morgan fingerprint density at radius 3 is 2.51 bits per heavy atom. The van der Waals surface area contributed by atoms with Gasteiger partial charge >= 0.3 is 0 Å². The summed E-state index contributed by atoms with van der Waals surface area (Å²) in [7, 11) is 0.215. The van der Waals surface area contributed by atoms with Gasteiger partial charge in [0, 0.05) is 29.6 Å². The zero-order chi connectivity index (χ0) is 35.3. The number of carbonyl (C=O) groups excluding carboxylic acids is 1. The van der Waals surface area contributed by atoms with Gasteiger partial charge in [-0.2, -0.15) is 0 Å². The lowest BCUT2D eigenvalue weighted by molar-refractivity contribution is -0.230. The predicted octanol–water partition coefficient (Wildman–Crippen LogP) is 6.69. The van der Waals surface area contributed by atoms with Crippen molar-refractivity contribution in [3.8, 4) is 5.75 Å². The molecule has 1 amide bonds. The Bertz CT molecular complexity index is 1560. The number of nitrogens with one attached hydrogen (secondary N) is 1. The van der Waals surface area contributed by atoms with Crippen molar-refractivity contribution in [3.63, 3.8) is 0 Å². The molecule has 2 fully saturated rings. The van der Waals surface area contributed by atoms with Crippen molar-refractivity contribution < 1.29 is 27.4 Å². The number of halogens is 1. The molecule has 1 N–H and O–H groups in total. The lowest BCUT2D eigenvalue weighted by atomic mass is 9.66. The monoisotopic (exact) mass is 715 g/mol. The quantitative estimate of drug-likeness (QED) is 0.257. The molecule has 2 aromatic rings. The number of rotatable bonds is 11. The summed E-state index contributed by atoms with van der Waals surface area (Å²) in [6, 6.07) is 11.4. The van der Waals surface area contributed by atoms with Crippen LogP contribution < -0.4 is 14.4 Å². The van der Waals surface area contributed by atoms with E-state index in [-0.39, 0.29) is 29.7 Å². The number of amides is 1. The van der Waals surface area contributed by atoms with Gasteiger partial charge in [-0.15, -0.1) is 6.58 Å². The second-order valence-corrected chi connectivity index (χ2v) is 16.8. The number of ether oxygens (including phenoxy) is 3. The Kier molecular flexibility index (Phi) is 12.7. The maximum Gasteiger partial charge on any atom is 0.264 e. The normalized spacial score (nSPS) is 25.0. The van der Waals surface area contributed by atoms with Crippen molar-refractivity contribution >= 4 is 33.2 Å². The molecule has 1 saturated heterocycles. The minimum Gasteiger partial charge on any atom is -0.487 e. The Hall–Kier alpha value is -2.63. The molecule has 270 valence electrons. The minimum absolute atomic E-state index is 0.0654. The maximum absolute atomic E-state index is 13.5. The molecule has 3 aliphatic rings. The average Bonchev–Trinajstić information content (AvgIpc) is 3.11. The Morgan fingerprint density at radius 2 is 1.86 bits per heavy atom. The summed E-state index contributed by atoms with van der Waals surface area (Å²) in [6.45, 7) is 12.8. The van der Waals surface area contributed by atoms with Crippen LogP contribution in [0.25, 0.3) is 0 Å². The fourth-order valence-electron chi connectivity index (χ4n) is 7.13. The van der Waals surface area contributed by atoms with Crippen molar-refractivity contribution in [3.05, 3.63) is 70.8 Å². The van der Waals surface area contributed by atoms with E-state index in [1.54, 1.807) is 25.1 Å². The number of aryl methyl sites for hydroxylation is 1. The zero-order valence-corrected chi connectivity index (χ0v) is 31.3. The fraction of sp³-hybridized carbons (Fsp3) is 0.605. The van der Waals surface area contributed by atoms with Gasteiger partial charge in [0.05, 0.1) is 30.2 Å². The molecule has 0 spiro atoms. The van der Waals surface area contributed by atoms with E-state index in [0.29, 0.717) is 48.8 Å². The lowest BCUT2D eigenvalue weighted by Crippen LogP contribution is -2.50. The lowest BCUT2D eigenvalue weighted by Gasteiger charge is -2.47. The van der Waals surface area contributed by atoms with E-state index in [9.17, 15) is 13.2 Å². The molecule has 1 aliphatic carbocycles. The first-order valence-corrected chi connectivity index (χ1v) is 19.7. The topological polar surface area (TPSA) is 97.4 Å². The largest absolute Gasteiger partial charge is 0.487 e. The van der Waals surface area contributed by atoms with E-state index in [2.05, 4.69) is 21.1 Å². The van der Waals surface area contributed by atoms with Crippen LogP contribution >= 0.6 is 11.6 Å². The highest BCUT2D eigenvalue weighted by molar-refractivity contribution is 7.90. The van der Waals surface area contributed by atoms with E-state index in [1.807, 2.05) is 52.2 Å². The molecular formula is C38H54ClN3O6S. The first-order chi connectivity index (χ1) is 23.4. The number of sulfonamides is 1. The fourth-order valence-corrected chi connectivity index (χ4v) is 8.69. The standard InChI is InChI=1S/C38H54ClN3O6S/c1-7-25(3)26(4)49(44,45)40-37(43)28-14-17-36-35(20-28)42(18-10-9-11-27-19-31(39)15-12-30(27)22-46-36)21-29-13-16-34(29)33(8-2)38-47-23-32(24-48-38)41(5)6/h8,12,14-15,17,19-20,25-26,29,32-34,38H,2,7,9-11,13,16,18,21-24H2,1,3-6H3,(H,40,43)/t25-,26+,29-,32-,33-,34+,38-/m0/s1. The van der Waals surface area contributed by atoms with Crippen LogP contribution in [0.4, 0.5) is 5.69 Å². The number of likely N-dealkylation sites (N-methyl/N-ethyl adjacent to an activating group) is 1. The highest BCUT2D eigenvalue weighted by Crippen LogP contribution is 2.45. The molecule has 2 aromatic carbocycles. The first-order valence-electron chi connectivity index (χ1n) is 17.8. The summed E-state index contributed by atoms with van der Waals surface area (Å²) in [6.07, 6.45) is 7.26. The summed E-state index contributed by atoms with van der Waals surface area (Å²) in [5, 5.41) is 0.00862. The van der Waals surface area contributed by atoms with E-state index >= 15 is 0 Å². The van der Waals surface area contributed by atoms with Crippen molar-refractivity contribution in [2.24, 2.45) is 23.7 Å². The smallest absolute Gasteiger partial charge is 0.264 e. The molecule has 1 saturated carbocycles. The van der Waals surface area contributed by atoms with Gasteiger partial charge in [0.25, 0.3) is 5.91 Å². The predicted molar refractivity (Wildman–Crippen MR) is 196 cm³/mol. The number of nitrogens with zero attached hydrogens (tertiary/aromatic N) is 2. The van der Waals surface area contributed by atoms with Gasteiger partial charge in [-0.05, 0) is 112 Å². The molecule has 5 atom stereocenters. The second-order valence-electron chi connectivity index (χ2n) is 14.3. The molecule has 2 heterocycles. The van der Waals surface area contributed by atoms with E-state index in [4.69, 9.17) is 25.8 Å². The van der Waals surface area contributed by atoms with Crippen LogP contribution in [-0.4, -0.2) is 77.2 Å². The van der Waals surface area contributed by atoms with Crippen LogP contribution in [0.2, 0.25) is 5.02 Å². The molecule has 9 nitrogen and oxygen atoms in total.